The molecule has 0 unspecified atom stereocenters. The minimum atomic E-state index is 0. The Labute approximate surface area is 92.6 Å². The summed E-state index contributed by atoms with van der Waals surface area (Å²) in [6, 6.07) is 0. The first kappa shape index (κ1) is 48.6. The largest absolute Gasteiger partial charge is 2.00 e. The molecular weight excluding hydrogens is 171 g/mol. The van der Waals surface area contributed by atoms with Crippen LogP contribution in [0.4, 0.5) is 0 Å². The van der Waals surface area contributed by atoms with E-state index in [1.54, 1.807) is 0 Å². The van der Waals surface area contributed by atoms with Crippen LogP contribution in [0.5, 0.6) is 0 Å². The van der Waals surface area contributed by atoms with Gasteiger partial charge in [0.2, 0.25) is 0 Å². The minimum Gasteiger partial charge on any atom is -1.00 e. The molecule has 0 bridgehead atoms. The third-order valence-electron chi connectivity index (χ3n) is 0. The summed E-state index contributed by atoms with van der Waals surface area (Å²) >= 11 is 0. The van der Waals surface area contributed by atoms with E-state index in [9.17, 15) is 0 Å². The van der Waals surface area contributed by atoms with E-state index in [0.717, 1.165) is 0 Å². The Morgan fingerprint density at radius 3 is 1.20 bits per heavy atom. The molecule has 2 N–H and O–H groups in total. The third kappa shape index (κ3) is 20.6. The molecule has 0 aliphatic rings. The van der Waals surface area contributed by atoms with Crippen LogP contribution in [0.2, 0.25) is 0 Å². The molecule has 0 spiro atoms. The smallest absolute Gasteiger partial charge is 1.00 e. The zero-order valence-electron chi connectivity index (χ0n) is 4.06. The topological polar surface area (TPSA) is 31.5 Å². The minimum absolute atomic E-state index is 0. The third-order valence-corrected chi connectivity index (χ3v) is 0. The Kier molecular flexibility index (Phi) is 296. The molecule has 0 fully saturated rings. The molecule has 0 heterocycles. The Morgan fingerprint density at radius 1 is 1.20 bits per heavy atom. The number of rotatable bonds is 0. The van der Waals surface area contributed by atoms with Crippen LogP contribution in [0.1, 0.15) is 2.85 Å². The van der Waals surface area contributed by atoms with E-state index in [1.165, 1.54) is 0 Å². The fourth-order valence-electron chi connectivity index (χ4n) is 0. The summed E-state index contributed by atoms with van der Waals surface area (Å²) < 4.78 is 0. The molecular formula is H9AlCaFeOS. The Bertz CT molecular complexity index is 17.7. The standard InChI is InChI=1S/Al.Ca.Fe.H2O.H2S.5H/h;;;2*1H2;;;;;/q;+2;;;;;;;2*-1. The van der Waals surface area contributed by atoms with Gasteiger partial charge in [-0.1, -0.05) is 0 Å². The van der Waals surface area contributed by atoms with Crippen LogP contribution < -0.4 is 0 Å². The maximum absolute atomic E-state index is 0. The molecule has 5 heavy (non-hydrogen) atoms. The van der Waals surface area contributed by atoms with Crippen molar-refractivity contribution in [2.75, 3.05) is 0 Å². The summed E-state index contributed by atoms with van der Waals surface area (Å²) in [5, 5.41) is 0. The first-order chi connectivity index (χ1) is 0. The summed E-state index contributed by atoms with van der Waals surface area (Å²) in [5.74, 6) is 0. The van der Waals surface area contributed by atoms with Crippen LogP contribution in [0.25, 0.3) is 0 Å². The maximum Gasteiger partial charge on any atom is 2.00 e. The summed E-state index contributed by atoms with van der Waals surface area (Å²) in [4.78, 5) is 0. The molecule has 5 heteroatoms. The monoisotopic (exact) mass is 180 g/mol. The van der Waals surface area contributed by atoms with E-state index >= 15 is 0 Å². The van der Waals surface area contributed by atoms with Crippen LogP contribution >= 0.6 is 13.5 Å². The molecule has 0 amide bonds. The van der Waals surface area contributed by atoms with Crippen molar-refractivity contribution in [3.05, 3.63) is 0 Å². The second-order valence-electron chi connectivity index (χ2n) is 0. The molecule has 0 saturated heterocycles. The van der Waals surface area contributed by atoms with E-state index < -0.39 is 0 Å². The van der Waals surface area contributed by atoms with Crippen molar-refractivity contribution in [2.24, 2.45) is 0 Å². The van der Waals surface area contributed by atoms with Gasteiger partial charge in [0.1, 0.15) is 0 Å². The van der Waals surface area contributed by atoms with Crippen LogP contribution in [-0.2, 0) is 17.1 Å². The molecule has 0 rings (SSSR count). The van der Waals surface area contributed by atoms with E-state index in [-0.39, 0.29) is 94.0 Å². The van der Waals surface area contributed by atoms with Gasteiger partial charge in [0, 0.05) is 17.1 Å². The first-order valence-electron chi connectivity index (χ1n) is 0. The normalized spacial score (nSPS) is 0. The Balaban J connectivity index is 0. The van der Waals surface area contributed by atoms with E-state index in [4.69, 9.17) is 0 Å². The predicted molar refractivity (Wildman–Crippen MR) is 31.9 cm³/mol. The average molecular weight is 180 g/mol. The van der Waals surface area contributed by atoms with Crippen molar-refractivity contribution < 1.29 is 25.4 Å². The van der Waals surface area contributed by atoms with Crippen molar-refractivity contribution >= 4 is 68.6 Å². The average Bonchev–Trinajstić information content (AvgIpc) is 0. The number of hydrogen-bond donors (Lipinski definition) is 0. The van der Waals surface area contributed by atoms with Gasteiger partial charge in [0.05, 0.1) is 0 Å². The van der Waals surface area contributed by atoms with Crippen molar-refractivity contribution in [3.8, 4) is 0 Å². The van der Waals surface area contributed by atoms with Crippen molar-refractivity contribution in [1.29, 1.82) is 0 Å². The van der Waals surface area contributed by atoms with Crippen molar-refractivity contribution in [1.82, 2.24) is 0 Å². The molecule has 34 valence electrons. The van der Waals surface area contributed by atoms with Crippen molar-refractivity contribution in [3.63, 3.8) is 0 Å². The molecule has 0 aromatic heterocycles. The Hall–Kier alpha value is 2.62. The first-order valence-corrected chi connectivity index (χ1v) is 0. The van der Waals surface area contributed by atoms with E-state index in [2.05, 4.69) is 0 Å². The van der Waals surface area contributed by atoms with Crippen LogP contribution in [-0.4, -0.2) is 60.6 Å². The summed E-state index contributed by atoms with van der Waals surface area (Å²) in [7, 11) is 0. The number of hydrogen-bond acceptors (Lipinski definition) is 0. The fourth-order valence-corrected chi connectivity index (χ4v) is 0. The molecule has 0 saturated carbocycles. The predicted octanol–water partition coefficient (Wildman–Crippen LogP) is -2.05. The maximum atomic E-state index is 0. The van der Waals surface area contributed by atoms with Crippen molar-refractivity contribution in [2.45, 2.75) is 0 Å². The summed E-state index contributed by atoms with van der Waals surface area (Å²) in [6.45, 7) is 0. The van der Waals surface area contributed by atoms with Gasteiger partial charge < -0.3 is 8.33 Å². The molecule has 0 aliphatic carbocycles. The molecule has 1 nitrogen and oxygen atoms in total. The van der Waals surface area contributed by atoms with Gasteiger partial charge >= 0.3 is 37.7 Å². The van der Waals surface area contributed by atoms with Gasteiger partial charge in [0.15, 0.2) is 17.4 Å². The SMILES string of the molecule is O.S.[AlH3].[Ca+2].[Fe].[H-].[H-]. The molecule has 0 aliphatic heterocycles. The van der Waals surface area contributed by atoms with Gasteiger partial charge in [-0.2, -0.15) is 13.5 Å². The van der Waals surface area contributed by atoms with Crippen LogP contribution in [0.3, 0.4) is 0 Å². The molecule has 0 aromatic rings. The van der Waals surface area contributed by atoms with Gasteiger partial charge in [-0.15, -0.1) is 0 Å². The Morgan fingerprint density at radius 2 is 1.20 bits per heavy atom. The van der Waals surface area contributed by atoms with Crippen LogP contribution in [0, 0.1) is 0 Å². The zero-order chi connectivity index (χ0) is 0. The van der Waals surface area contributed by atoms with E-state index in [1.807, 2.05) is 0 Å². The second kappa shape index (κ2) is 30.4. The van der Waals surface area contributed by atoms with Crippen LogP contribution in [0.15, 0.2) is 0 Å². The second-order valence-corrected chi connectivity index (χ2v) is 0. The molecule has 0 atom stereocenters. The van der Waals surface area contributed by atoms with E-state index in [0.29, 0.717) is 0 Å². The molecule has 0 aromatic carbocycles. The quantitative estimate of drug-likeness (QED) is 0.384. The summed E-state index contributed by atoms with van der Waals surface area (Å²) in [6.07, 6.45) is 0. The zero-order valence-corrected chi connectivity index (χ0v) is 6.37. The van der Waals surface area contributed by atoms with Gasteiger partial charge in [-0.05, 0) is 0 Å². The van der Waals surface area contributed by atoms with Gasteiger partial charge in [0.25, 0.3) is 0 Å². The molecule has 0 radical (unpaired) electrons. The summed E-state index contributed by atoms with van der Waals surface area (Å²) in [5.41, 5.74) is 0. The van der Waals surface area contributed by atoms with Gasteiger partial charge in [-0.3, -0.25) is 0 Å². The van der Waals surface area contributed by atoms with Gasteiger partial charge in [-0.25, -0.2) is 0 Å². The fraction of sp³-hybridized carbons (Fsp3) is 0.